The average Bonchev–Trinajstić information content (AvgIpc) is 2.93. The smallest absolute Gasteiger partial charge is 0.0159 e. The largest absolute Gasteiger partial charge is 0.313 e. The van der Waals surface area contributed by atoms with Gasteiger partial charge in [-0.1, -0.05) is 47.0 Å². The third-order valence-electron chi connectivity index (χ3n) is 5.85. The van der Waals surface area contributed by atoms with Crippen LogP contribution in [0.5, 0.6) is 0 Å². The van der Waals surface area contributed by atoms with Gasteiger partial charge in [-0.2, -0.15) is 0 Å². The Kier molecular flexibility index (Phi) is 5.92. The Labute approximate surface area is 126 Å². The van der Waals surface area contributed by atoms with Gasteiger partial charge >= 0.3 is 0 Å². The van der Waals surface area contributed by atoms with E-state index >= 15 is 0 Å². The zero-order chi connectivity index (χ0) is 14.6. The van der Waals surface area contributed by atoms with Crippen molar-refractivity contribution in [1.82, 2.24) is 10.2 Å². The summed E-state index contributed by atoms with van der Waals surface area (Å²) >= 11 is 0. The van der Waals surface area contributed by atoms with Crippen molar-refractivity contribution in [3.8, 4) is 0 Å². The Hall–Kier alpha value is -0.0800. The van der Waals surface area contributed by atoms with E-state index in [2.05, 4.69) is 37.9 Å². The number of rotatable bonds is 6. The molecule has 0 spiro atoms. The highest BCUT2D eigenvalue weighted by Crippen LogP contribution is 2.40. The molecule has 0 heterocycles. The summed E-state index contributed by atoms with van der Waals surface area (Å²) in [5.74, 6) is 0.847. The SMILES string of the molecule is CCNC1C(CN(CC)C2CCCC2)CCCC1(C)C. The Balaban J connectivity index is 2.00. The van der Waals surface area contributed by atoms with E-state index in [1.54, 1.807) is 0 Å². The summed E-state index contributed by atoms with van der Waals surface area (Å²) < 4.78 is 0. The first-order chi connectivity index (χ1) is 9.58. The van der Waals surface area contributed by atoms with Gasteiger partial charge in [0.1, 0.15) is 0 Å². The summed E-state index contributed by atoms with van der Waals surface area (Å²) in [4.78, 5) is 2.80. The summed E-state index contributed by atoms with van der Waals surface area (Å²) in [7, 11) is 0. The molecule has 2 aliphatic carbocycles. The van der Waals surface area contributed by atoms with Crippen molar-refractivity contribution in [2.75, 3.05) is 19.6 Å². The van der Waals surface area contributed by atoms with Crippen LogP contribution in [-0.4, -0.2) is 36.6 Å². The van der Waals surface area contributed by atoms with Crippen LogP contribution < -0.4 is 5.32 Å². The topological polar surface area (TPSA) is 15.3 Å². The van der Waals surface area contributed by atoms with E-state index in [1.807, 2.05) is 0 Å². The van der Waals surface area contributed by atoms with Gasteiger partial charge in [0.15, 0.2) is 0 Å². The van der Waals surface area contributed by atoms with Gasteiger partial charge in [0, 0.05) is 18.6 Å². The molecule has 2 atom stereocenters. The normalized spacial score (nSPS) is 31.1. The van der Waals surface area contributed by atoms with Crippen LogP contribution in [0.1, 0.15) is 72.6 Å². The highest BCUT2D eigenvalue weighted by Gasteiger charge is 2.39. The lowest BCUT2D eigenvalue weighted by Gasteiger charge is -2.46. The summed E-state index contributed by atoms with van der Waals surface area (Å²) in [5.41, 5.74) is 0.466. The van der Waals surface area contributed by atoms with E-state index in [0.29, 0.717) is 11.5 Å². The minimum absolute atomic E-state index is 0.466. The summed E-state index contributed by atoms with van der Waals surface area (Å²) in [6.45, 7) is 13.2. The summed E-state index contributed by atoms with van der Waals surface area (Å²) in [6, 6.07) is 1.59. The second-order valence-electron chi connectivity index (χ2n) is 7.70. The maximum atomic E-state index is 3.82. The predicted molar refractivity (Wildman–Crippen MR) is 88.1 cm³/mol. The highest BCUT2D eigenvalue weighted by atomic mass is 15.2. The molecular formula is C18H36N2. The molecule has 0 radical (unpaired) electrons. The monoisotopic (exact) mass is 280 g/mol. The molecule has 2 fully saturated rings. The fourth-order valence-electron chi connectivity index (χ4n) is 4.75. The van der Waals surface area contributed by atoms with Crippen molar-refractivity contribution in [3.63, 3.8) is 0 Å². The predicted octanol–water partition coefficient (Wildman–Crippen LogP) is 4.06. The molecule has 2 nitrogen and oxygen atoms in total. The molecule has 0 aromatic carbocycles. The molecule has 0 aliphatic heterocycles. The molecule has 118 valence electrons. The number of hydrogen-bond acceptors (Lipinski definition) is 2. The fourth-order valence-corrected chi connectivity index (χ4v) is 4.75. The first-order valence-electron chi connectivity index (χ1n) is 9.06. The maximum absolute atomic E-state index is 3.82. The summed E-state index contributed by atoms with van der Waals surface area (Å²) in [5, 5.41) is 3.82. The molecule has 0 saturated heterocycles. The third-order valence-corrected chi connectivity index (χ3v) is 5.85. The molecule has 0 bridgehead atoms. The van der Waals surface area contributed by atoms with Crippen molar-refractivity contribution in [1.29, 1.82) is 0 Å². The zero-order valence-electron chi connectivity index (χ0n) is 14.3. The molecule has 2 heteroatoms. The van der Waals surface area contributed by atoms with E-state index in [-0.39, 0.29) is 0 Å². The molecule has 2 aliphatic rings. The van der Waals surface area contributed by atoms with Crippen LogP contribution in [0, 0.1) is 11.3 Å². The lowest BCUT2D eigenvalue weighted by molar-refractivity contribution is 0.0679. The Morgan fingerprint density at radius 1 is 1.05 bits per heavy atom. The van der Waals surface area contributed by atoms with Crippen molar-refractivity contribution in [3.05, 3.63) is 0 Å². The number of hydrogen-bond donors (Lipinski definition) is 1. The minimum atomic E-state index is 0.466. The molecule has 2 rings (SSSR count). The molecule has 2 unspecified atom stereocenters. The Morgan fingerprint density at radius 3 is 2.35 bits per heavy atom. The summed E-state index contributed by atoms with van der Waals surface area (Å²) in [6.07, 6.45) is 10.0. The van der Waals surface area contributed by atoms with Gasteiger partial charge in [-0.05, 0) is 50.1 Å². The van der Waals surface area contributed by atoms with Crippen molar-refractivity contribution in [2.45, 2.75) is 84.7 Å². The van der Waals surface area contributed by atoms with E-state index in [4.69, 9.17) is 0 Å². The van der Waals surface area contributed by atoms with Crippen molar-refractivity contribution >= 4 is 0 Å². The molecule has 0 amide bonds. The highest BCUT2D eigenvalue weighted by molar-refractivity contribution is 4.95. The van der Waals surface area contributed by atoms with Gasteiger partial charge in [0.25, 0.3) is 0 Å². The van der Waals surface area contributed by atoms with Gasteiger partial charge in [-0.15, -0.1) is 0 Å². The second kappa shape index (κ2) is 7.26. The van der Waals surface area contributed by atoms with Gasteiger partial charge in [0.05, 0.1) is 0 Å². The van der Waals surface area contributed by atoms with Crippen molar-refractivity contribution < 1.29 is 0 Å². The van der Waals surface area contributed by atoms with Crippen molar-refractivity contribution in [2.24, 2.45) is 11.3 Å². The molecule has 0 aromatic rings. The van der Waals surface area contributed by atoms with Crippen LogP contribution in [0.4, 0.5) is 0 Å². The Bertz CT molecular complexity index is 281. The van der Waals surface area contributed by atoms with Crippen LogP contribution in [0.2, 0.25) is 0 Å². The van der Waals surface area contributed by atoms with E-state index in [0.717, 1.165) is 18.5 Å². The van der Waals surface area contributed by atoms with Gasteiger partial charge < -0.3 is 10.2 Å². The number of nitrogens with zero attached hydrogens (tertiary/aromatic N) is 1. The Morgan fingerprint density at radius 2 is 1.75 bits per heavy atom. The van der Waals surface area contributed by atoms with Gasteiger partial charge in [0.2, 0.25) is 0 Å². The lowest BCUT2D eigenvalue weighted by Crippen LogP contribution is -2.53. The van der Waals surface area contributed by atoms with Gasteiger partial charge in [-0.3, -0.25) is 0 Å². The van der Waals surface area contributed by atoms with Crippen LogP contribution >= 0.6 is 0 Å². The zero-order valence-corrected chi connectivity index (χ0v) is 14.3. The van der Waals surface area contributed by atoms with Gasteiger partial charge in [-0.25, -0.2) is 0 Å². The first kappa shape index (κ1) is 16.3. The molecule has 2 saturated carbocycles. The fraction of sp³-hybridized carbons (Fsp3) is 1.00. The second-order valence-corrected chi connectivity index (χ2v) is 7.70. The van der Waals surface area contributed by atoms with Crippen LogP contribution in [0.15, 0.2) is 0 Å². The molecule has 20 heavy (non-hydrogen) atoms. The van der Waals surface area contributed by atoms with E-state index in [1.165, 1.54) is 58.0 Å². The molecule has 0 aromatic heterocycles. The molecule has 1 N–H and O–H groups in total. The third kappa shape index (κ3) is 3.76. The van der Waals surface area contributed by atoms with Crippen LogP contribution in [0.25, 0.3) is 0 Å². The lowest BCUT2D eigenvalue weighted by atomic mass is 9.67. The number of nitrogens with one attached hydrogen (secondary N) is 1. The van der Waals surface area contributed by atoms with Crippen LogP contribution in [-0.2, 0) is 0 Å². The van der Waals surface area contributed by atoms with E-state index < -0.39 is 0 Å². The average molecular weight is 280 g/mol. The standard InChI is InChI=1S/C18H36N2/c1-5-19-17-15(10-9-13-18(17,3)4)14-20(6-2)16-11-7-8-12-16/h15-17,19H,5-14H2,1-4H3. The first-order valence-corrected chi connectivity index (χ1v) is 9.06. The maximum Gasteiger partial charge on any atom is 0.0159 e. The van der Waals surface area contributed by atoms with E-state index in [9.17, 15) is 0 Å². The minimum Gasteiger partial charge on any atom is -0.313 e. The molecular weight excluding hydrogens is 244 g/mol. The quantitative estimate of drug-likeness (QED) is 0.789. The van der Waals surface area contributed by atoms with Crippen LogP contribution in [0.3, 0.4) is 0 Å².